The second kappa shape index (κ2) is 4.62. The monoisotopic (exact) mass is 199 g/mol. The van der Waals surface area contributed by atoms with Crippen molar-refractivity contribution < 1.29 is 14.0 Å². The summed E-state index contributed by atoms with van der Waals surface area (Å²) in [6.07, 6.45) is 1.53. The van der Waals surface area contributed by atoms with Gasteiger partial charge in [-0.3, -0.25) is 0 Å². The van der Waals surface area contributed by atoms with E-state index in [4.69, 9.17) is 14.0 Å². The molecule has 2 saturated heterocycles. The zero-order valence-electron chi connectivity index (χ0n) is 8.86. The first-order valence-electron chi connectivity index (χ1n) is 5.39. The van der Waals surface area contributed by atoms with E-state index in [0.717, 1.165) is 26.1 Å². The molecule has 80 valence electrons. The van der Waals surface area contributed by atoms with Crippen LogP contribution in [0.1, 0.15) is 20.3 Å². The highest BCUT2D eigenvalue weighted by Crippen LogP contribution is 2.22. The third-order valence-corrected chi connectivity index (χ3v) is 2.65. The first-order valence-corrected chi connectivity index (χ1v) is 5.39. The SMILES string of the molecule is CC(C)OB1OCC2CNCCC2O1. The maximum Gasteiger partial charge on any atom is 0.639 e. The highest BCUT2D eigenvalue weighted by molar-refractivity contribution is 6.36. The van der Waals surface area contributed by atoms with Crippen molar-refractivity contribution in [2.75, 3.05) is 19.7 Å². The number of piperidine rings is 1. The zero-order valence-corrected chi connectivity index (χ0v) is 8.86. The molecule has 0 aromatic heterocycles. The van der Waals surface area contributed by atoms with Crippen LogP contribution in [-0.4, -0.2) is 39.2 Å². The van der Waals surface area contributed by atoms with Gasteiger partial charge in [0.2, 0.25) is 0 Å². The van der Waals surface area contributed by atoms with Crippen LogP contribution in [0.3, 0.4) is 0 Å². The molecule has 5 heteroatoms. The van der Waals surface area contributed by atoms with Gasteiger partial charge in [0.1, 0.15) is 0 Å². The Morgan fingerprint density at radius 2 is 2.36 bits per heavy atom. The van der Waals surface area contributed by atoms with E-state index in [1.807, 2.05) is 13.8 Å². The Morgan fingerprint density at radius 3 is 3.14 bits per heavy atom. The van der Waals surface area contributed by atoms with E-state index in [1.54, 1.807) is 0 Å². The molecule has 0 radical (unpaired) electrons. The summed E-state index contributed by atoms with van der Waals surface area (Å²) in [5.74, 6) is 0.496. The average molecular weight is 199 g/mol. The first kappa shape index (κ1) is 10.4. The fourth-order valence-corrected chi connectivity index (χ4v) is 1.92. The maximum atomic E-state index is 5.72. The van der Waals surface area contributed by atoms with Gasteiger partial charge >= 0.3 is 7.32 Å². The van der Waals surface area contributed by atoms with Crippen LogP contribution < -0.4 is 5.32 Å². The van der Waals surface area contributed by atoms with E-state index in [2.05, 4.69) is 5.32 Å². The van der Waals surface area contributed by atoms with Crippen LogP contribution in [0.4, 0.5) is 0 Å². The lowest BCUT2D eigenvalue weighted by Gasteiger charge is -2.38. The molecule has 0 bridgehead atoms. The van der Waals surface area contributed by atoms with Crippen molar-refractivity contribution in [2.24, 2.45) is 5.92 Å². The predicted octanol–water partition coefficient (Wildman–Crippen LogP) is 0.421. The molecule has 0 aromatic carbocycles. The minimum Gasteiger partial charge on any atom is -0.385 e. The number of fused-ring (bicyclic) bond motifs is 1. The summed E-state index contributed by atoms with van der Waals surface area (Å²) < 4.78 is 16.7. The van der Waals surface area contributed by atoms with E-state index < -0.39 is 7.32 Å². The van der Waals surface area contributed by atoms with Gasteiger partial charge in [-0.1, -0.05) is 0 Å². The highest BCUT2D eigenvalue weighted by Gasteiger charge is 2.38. The van der Waals surface area contributed by atoms with E-state index in [1.165, 1.54) is 0 Å². The van der Waals surface area contributed by atoms with Gasteiger partial charge < -0.3 is 19.3 Å². The Balaban J connectivity index is 1.83. The lowest BCUT2D eigenvalue weighted by molar-refractivity contribution is -0.0520. The van der Waals surface area contributed by atoms with Crippen LogP contribution >= 0.6 is 0 Å². The van der Waals surface area contributed by atoms with Gasteiger partial charge in [0.25, 0.3) is 0 Å². The second-order valence-corrected chi connectivity index (χ2v) is 4.23. The molecular weight excluding hydrogens is 181 g/mol. The summed E-state index contributed by atoms with van der Waals surface area (Å²) in [5, 5.41) is 3.34. The van der Waals surface area contributed by atoms with Crippen LogP contribution in [-0.2, 0) is 14.0 Å². The number of nitrogens with one attached hydrogen (secondary N) is 1. The molecular formula is C9H18BNO3. The van der Waals surface area contributed by atoms with Gasteiger partial charge in [-0.2, -0.15) is 0 Å². The number of rotatable bonds is 2. The lowest BCUT2D eigenvalue weighted by Crippen LogP contribution is -2.52. The topological polar surface area (TPSA) is 39.7 Å². The summed E-state index contributed by atoms with van der Waals surface area (Å²) in [6, 6.07) is 0. The van der Waals surface area contributed by atoms with Gasteiger partial charge in [-0.05, 0) is 26.8 Å². The van der Waals surface area contributed by atoms with E-state index in [0.29, 0.717) is 12.0 Å². The summed E-state index contributed by atoms with van der Waals surface area (Å²) in [6.45, 7) is 6.76. The Labute approximate surface area is 85.5 Å². The van der Waals surface area contributed by atoms with Crippen molar-refractivity contribution in [2.45, 2.75) is 32.5 Å². The van der Waals surface area contributed by atoms with Crippen LogP contribution in [0.15, 0.2) is 0 Å². The molecule has 0 spiro atoms. The molecule has 2 heterocycles. The highest BCUT2D eigenvalue weighted by atomic mass is 16.7. The second-order valence-electron chi connectivity index (χ2n) is 4.23. The largest absolute Gasteiger partial charge is 0.639 e. The third kappa shape index (κ3) is 2.48. The van der Waals surface area contributed by atoms with Gasteiger partial charge in [0, 0.05) is 25.2 Å². The maximum absolute atomic E-state index is 5.72. The lowest BCUT2D eigenvalue weighted by atomic mass is 9.92. The molecule has 2 fully saturated rings. The Hall–Kier alpha value is -0.0951. The molecule has 0 aromatic rings. The number of hydrogen-bond donors (Lipinski definition) is 1. The average Bonchev–Trinajstić information content (AvgIpc) is 2.17. The van der Waals surface area contributed by atoms with E-state index >= 15 is 0 Å². The molecule has 14 heavy (non-hydrogen) atoms. The van der Waals surface area contributed by atoms with Crippen LogP contribution in [0.25, 0.3) is 0 Å². The van der Waals surface area contributed by atoms with Crippen molar-refractivity contribution in [1.29, 1.82) is 0 Å². The van der Waals surface area contributed by atoms with Crippen LogP contribution in [0.2, 0.25) is 0 Å². The Morgan fingerprint density at radius 1 is 1.50 bits per heavy atom. The predicted molar refractivity (Wildman–Crippen MR) is 53.8 cm³/mol. The molecule has 2 aliphatic heterocycles. The quantitative estimate of drug-likeness (QED) is 0.654. The van der Waals surface area contributed by atoms with Gasteiger partial charge in [-0.15, -0.1) is 0 Å². The van der Waals surface area contributed by atoms with E-state index in [-0.39, 0.29) is 6.10 Å². The summed E-state index contributed by atoms with van der Waals surface area (Å²) in [7, 11) is -0.450. The van der Waals surface area contributed by atoms with E-state index in [9.17, 15) is 0 Å². The minimum atomic E-state index is -0.450. The molecule has 1 N–H and O–H groups in total. The fraction of sp³-hybridized carbons (Fsp3) is 1.00. The first-order chi connectivity index (χ1) is 6.75. The number of hydrogen-bond acceptors (Lipinski definition) is 4. The van der Waals surface area contributed by atoms with Gasteiger partial charge in [-0.25, -0.2) is 0 Å². The summed E-state index contributed by atoms with van der Waals surface area (Å²) in [5.41, 5.74) is 0. The molecule has 2 unspecified atom stereocenters. The Kier molecular flexibility index (Phi) is 3.44. The standard InChI is InChI=1S/C9H18BNO3/c1-7(2)13-10-12-6-8-5-11-4-3-9(8)14-10/h7-9,11H,3-6H2,1-2H3. The molecule has 2 aliphatic rings. The smallest absolute Gasteiger partial charge is 0.385 e. The summed E-state index contributed by atoms with van der Waals surface area (Å²) in [4.78, 5) is 0. The summed E-state index contributed by atoms with van der Waals surface area (Å²) >= 11 is 0. The van der Waals surface area contributed by atoms with Crippen molar-refractivity contribution in [3.63, 3.8) is 0 Å². The molecule has 0 amide bonds. The van der Waals surface area contributed by atoms with Crippen LogP contribution in [0.5, 0.6) is 0 Å². The molecule has 4 nitrogen and oxygen atoms in total. The van der Waals surface area contributed by atoms with Crippen LogP contribution in [0, 0.1) is 5.92 Å². The molecule has 2 atom stereocenters. The van der Waals surface area contributed by atoms with Crippen molar-refractivity contribution in [1.82, 2.24) is 5.32 Å². The molecule has 0 saturated carbocycles. The normalized spacial score (nSPS) is 33.2. The minimum absolute atomic E-state index is 0.151. The Bertz CT molecular complexity index is 191. The van der Waals surface area contributed by atoms with Gasteiger partial charge in [0.15, 0.2) is 0 Å². The zero-order chi connectivity index (χ0) is 9.97. The molecule has 2 rings (SSSR count). The third-order valence-electron chi connectivity index (χ3n) is 2.65. The van der Waals surface area contributed by atoms with Crippen molar-refractivity contribution in [3.05, 3.63) is 0 Å². The fourth-order valence-electron chi connectivity index (χ4n) is 1.92. The van der Waals surface area contributed by atoms with Crippen molar-refractivity contribution >= 4 is 7.32 Å². The van der Waals surface area contributed by atoms with Gasteiger partial charge in [0.05, 0.1) is 6.10 Å². The van der Waals surface area contributed by atoms with Crippen molar-refractivity contribution in [3.8, 4) is 0 Å². The molecule has 0 aliphatic carbocycles.